The molecule has 0 aliphatic heterocycles. The van der Waals surface area contributed by atoms with Crippen molar-refractivity contribution < 1.29 is 5.11 Å². The Morgan fingerprint density at radius 3 is 2.86 bits per heavy atom. The Hall–Kier alpha value is -1.09. The van der Waals surface area contributed by atoms with Gasteiger partial charge in [0.05, 0.1) is 6.10 Å². The lowest BCUT2D eigenvalue weighted by atomic mass is 9.82. The number of nitrogens with zero attached hydrogens (tertiary/aromatic N) is 1. The van der Waals surface area contributed by atoms with E-state index in [0.717, 1.165) is 24.8 Å². The highest BCUT2D eigenvalue weighted by Gasteiger charge is 2.26. The standard InChI is InChI=1S/C11H16N2O/c12-11-9(5-3-7-13-11)8-4-1-2-6-10(8)14/h3,5,7-8,10,14H,1-2,4,6H2,(H2,12,13). The smallest absolute Gasteiger partial charge is 0.126 e. The molecule has 0 aromatic carbocycles. The van der Waals surface area contributed by atoms with Crippen molar-refractivity contribution in [3.05, 3.63) is 23.9 Å². The molecule has 2 atom stereocenters. The lowest BCUT2D eigenvalue weighted by molar-refractivity contribution is 0.106. The van der Waals surface area contributed by atoms with Crippen molar-refractivity contribution in [3.8, 4) is 0 Å². The van der Waals surface area contributed by atoms with Crippen molar-refractivity contribution in [1.29, 1.82) is 0 Å². The van der Waals surface area contributed by atoms with E-state index in [0.29, 0.717) is 5.82 Å². The van der Waals surface area contributed by atoms with Gasteiger partial charge in [-0.3, -0.25) is 0 Å². The van der Waals surface area contributed by atoms with E-state index in [1.165, 1.54) is 6.42 Å². The largest absolute Gasteiger partial charge is 0.392 e. The molecule has 14 heavy (non-hydrogen) atoms. The zero-order chi connectivity index (χ0) is 9.97. The fourth-order valence-electron chi connectivity index (χ4n) is 2.22. The third kappa shape index (κ3) is 1.73. The van der Waals surface area contributed by atoms with Gasteiger partial charge in [-0.2, -0.15) is 0 Å². The van der Waals surface area contributed by atoms with Gasteiger partial charge in [-0.25, -0.2) is 4.98 Å². The molecular weight excluding hydrogens is 176 g/mol. The average molecular weight is 192 g/mol. The summed E-state index contributed by atoms with van der Waals surface area (Å²) >= 11 is 0. The highest BCUT2D eigenvalue weighted by molar-refractivity contribution is 5.41. The third-order valence-electron chi connectivity index (χ3n) is 3.00. The van der Waals surface area contributed by atoms with Gasteiger partial charge >= 0.3 is 0 Å². The topological polar surface area (TPSA) is 59.1 Å². The molecule has 0 saturated heterocycles. The van der Waals surface area contributed by atoms with Crippen LogP contribution in [-0.2, 0) is 0 Å². The predicted molar refractivity (Wildman–Crippen MR) is 55.9 cm³/mol. The van der Waals surface area contributed by atoms with Gasteiger partial charge in [0.2, 0.25) is 0 Å². The summed E-state index contributed by atoms with van der Waals surface area (Å²) in [4.78, 5) is 4.06. The average Bonchev–Trinajstić information content (AvgIpc) is 2.20. The van der Waals surface area contributed by atoms with E-state index in [-0.39, 0.29) is 12.0 Å². The highest BCUT2D eigenvalue weighted by Crippen LogP contribution is 2.34. The molecule has 1 saturated carbocycles. The molecule has 1 aromatic heterocycles. The van der Waals surface area contributed by atoms with E-state index in [4.69, 9.17) is 5.73 Å². The van der Waals surface area contributed by atoms with Crippen LogP contribution in [0.25, 0.3) is 0 Å². The Balaban J connectivity index is 2.25. The number of hydrogen-bond acceptors (Lipinski definition) is 3. The van der Waals surface area contributed by atoms with Gasteiger partial charge in [0.25, 0.3) is 0 Å². The number of aromatic nitrogens is 1. The molecule has 0 amide bonds. The molecule has 76 valence electrons. The maximum absolute atomic E-state index is 9.86. The molecule has 3 N–H and O–H groups in total. The number of aliphatic hydroxyl groups excluding tert-OH is 1. The molecule has 0 spiro atoms. The number of nitrogen functional groups attached to an aromatic ring is 1. The van der Waals surface area contributed by atoms with Crippen LogP contribution >= 0.6 is 0 Å². The first-order chi connectivity index (χ1) is 6.79. The van der Waals surface area contributed by atoms with Crippen LogP contribution in [0, 0.1) is 0 Å². The SMILES string of the molecule is Nc1ncccc1C1CCCCC1O. The minimum absolute atomic E-state index is 0.192. The van der Waals surface area contributed by atoms with Gasteiger partial charge in [0.1, 0.15) is 5.82 Å². The van der Waals surface area contributed by atoms with Gasteiger partial charge in [-0.1, -0.05) is 18.9 Å². The molecule has 1 aliphatic carbocycles. The van der Waals surface area contributed by atoms with Crippen LogP contribution < -0.4 is 5.73 Å². The first-order valence-electron chi connectivity index (χ1n) is 5.17. The van der Waals surface area contributed by atoms with Gasteiger partial charge in [-0.05, 0) is 24.5 Å². The quantitative estimate of drug-likeness (QED) is 0.711. The van der Waals surface area contributed by atoms with Crippen LogP contribution in [-0.4, -0.2) is 16.2 Å². The van der Waals surface area contributed by atoms with E-state index in [1.807, 2.05) is 12.1 Å². The van der Waals surface area contributed by atoms with Crippen molar-refractivity contribution in [2.24, 2.45) is 0 Å². The monoisotopic (exact) mass is 192 g/mol. The Morgan fingerprint density at radius 2 is 2.14 bits per heavy atom. The number of nitrogens with two attached hydrogens (primary N) is 1. The minimum Gasteiger partial charge on any atom is -0.392 e. The normalized spacial score (nSPS) is 27.5. The lowest BCUT2D eigenvalue weighted by Gasteiger charge is -2.28. The van der Waals surface area contributed by atoms with Crippen molar-refractivity contribution in [1.82, 2.24) is 4.98 Å². The highest BCUT2D eigenvalue weighted by atomic mass is 16.3. The molecular formula is C11H16N2O. The maximum atomic E-state index is 9.86. The van der Waals surface area contributed by atoms with Crippen LogP contribution in [0.3, 0.4) is 0 Å². The van der Waals surface area contributed by atoms with Crippen molar-refractivity contribution in [2.75, 3.05) is 5.73 Å². The molecule has 3 nitrogen and oxygen atoms in total. The first kappa shape index (κ1) is 9.46. The van der Waals surface area contributed by atoms with E-state index in [2.05, 4.69) is 4.98 Å². The molecule has 1 aliphatic rings. The maximum Gasteiger partial charge on any atom is 0.126 e. The lowest BCUT2D eigenvalue weighted by Crippen LogP contribution is -2.23. The van der Waals surface area contributed by atoms with Crippen LogP contribution in [0.15, 0.2) is 18.3 Å². The molecule has 1 heterocycles. The summed E-state index contributed by atoms with van der Waals surface area (Å²) in [5, 5.41) is 9.86. The Bertz CT molecular complexity index is 314. The zero-order valence-corrected chi connectivity index (χ0v) is 8.19. The molecule has 1 aromatic rings. The summed E-state index contributed by atoms with van der Waals surface area (Å²) in [6.45, 7) is 0. The van der Waals surface area contributed by atoms with Crippen LogP contribution in [0.5, 0.6) is 0 Å². The number of aliphatic hydroxyl groups is 1. The molecule has 1 fully saturated rings. The van der Waals surface area contributed by atoms with E-state index in [1.54, 1.807) is 6.20 Å². The summed E-state index contributed by atoms with van der Waals surface area (Å²) in [5.41, 5.74) is 6.81. The predicted octanol–water partition coefficient (Wildman–Crippen LogP) is 1.68. The number of anilines is 1. The first-order valence-corrected chi connectivity index (χ1v) is 5.17. The summed E-state index contributed by atoms with van der Waals surface area (Å²) < 4.78 is 0. The van der Waals surface area contributed by atoms with Gasteiger partial charge in [-0.15, -0.1) is 0 Å². The fraction of sp³-hybridized carbons (Fsp3) is 0.545. The molecule has 2 unspecified atom stereocenters. The number of pyridine rings is 1. The Morgan fingerprint density at radius 1 is 1.36 bits per heavy atom. The summed E-state index contributed by atoms with van der Waals surface area (Å²) in [6.07, 6.45) is 5.66. The second-order valence-electron chi connectivity index (χ2n) is 3.94. The Labute approximate surface area is 84.0 Å². The van der Waals surface area contributed by atoms with Crippen molar-refractivity contribution >= 4 is 5.82 Å². The second-order valence-corrected chi connectivity index (χ2v) is 3.94. The Kier molecular flexibility index (Phi) is 2.68. The third-order valence-corrected chi connectivity index (χ3v) is 3.00. The van der Waals surface area contributed by atoms with Crippen LogP contribution in [0.2, 0.25) is 0 Å². The number of rotatable bonds is 1. The fourth-order valence-corrected chi connectivity index (χ4v) is 2.22. The zero-order valence-electron chi connectivity index (χ0n) is 8.19. The molecule has 2 rings (SSSR count). The summed E-state index contributed by atoms with van der Waals surface area (Å²) in [7, 11) is 0. The van der Waals surface area contributed by atoms with E-state index in [9.17, 15) is 5.11 Å². The van der Waals surface area contributed by atoms with Gasteiger partial charge < -0.3 is 10.8 Å². The summed E-state index contributed by atoms with van der Waals surface area (Å²) in [5.74, 6) is 0.760. The minimum atomic E-state index is -0.241. The molecule has 3 heteroatoms. The molecule has 0 bridgehead atoms. The summed E-state index contributed by atoms with van der Waals surface area (Å²) in [6, 6.07) is 3.86. The van der Waals surface area contributed by atoms with E-state index >= 15 is 0 Å². The van der Waals surface area contributed by atoms with Crippen molar-refractivity contribution in [3.63, 3.8) is 0 Å². The van der Waals surface area contributed by atoms with Gasteiger partial charge in [0.15, 0.2) is 0 Å². The van der Waals surface area contributed by atoms with Crippen LogP contribution in [0.4, 0.5) is 5.82 Å². The second kappa shape index (κ2) is 3.96. The van der Waals surface area contributed by atoms with Crippen molar-refractivity contribution in [2.45, 2.75) is 37.7 Å². The van der Waals surface area contributed by atoms with Gasteiger partial charge in [0, 0.05) is 12.1 Å². The van der Waals surface area contributed by atoms with Crippen LogP contribution in [0.1, 0.15) is 37.2 Å². The molecule has 0 radical (unpaired) electrons. The van der Waals surface area contributed by atoms with E-state index < -0.39 is 0 Å². The number of hydrogen-bond donors (Lipinski definition) is 2.